The molecular weight excluding hydrogens is 262 g/mol. The van der Waals surface area contributed by atoms with E-state index in [1.54, 1.807) is 12.4 Å². The monoisotopic (exact) mass is 279 g/mol. The minimum Gasteiger partial charge on any atom is -0.367 e. The number of pyridine rings is 2. The molecule has 0 unspecified atom stereocenters. The molecular formula is C16H17N5. The van der Waals surface area contributed by atoms with Crippen LogP contribution in [0.5, 0.6) is 0 Å². The molecule has 0 atom stereocenters. The zero-order chi connectivity index (χ0) is 14.5. The van der Waals surface area contributed by atoms with Crippen LogP contribution in [-0.4, -0.2) is 29.1 Å². The van der Waals surface area contributed by atoms with Crippen LogP contribution in [0.4, 0.5) is 11.6 Å². The minimum absolute atomic E-state index is 0.453. The Morgan fingerprint density at radius 3 is 2.62 bits per heavy atom. The molecule has 1 aliphatic rings. The van der Waals surface area contributed by atoms with E-state index in [4.69, 9.17) is 5.26 Å². The summed E-state index contributed by atoms with van der Waals surface area (Å²) >= 11 is 0. The van der Waals surface area contributed by atoms with Gasteiger partial charge in [-0.15, -0.1) is 0 Å². The lowest BCUT2D eigenvalue weighted by Crippen LogP contribution is -2.39. The first-order valence-electron chi connectivity index (χ1n) is 7.14. The van der Waals surface area contributed by atoms with Gasteiger partial charge in [0.05, 0.1) is 5.56 Å². The molecule has 0 amide bonds. The Bertz CT molecular complexity index is 609. The van der Waals surface area contributed by atoms with Crippen molar-refractivity contribution in [3.63, 3.8) is 0 Å². The summed E-state index contributed by atoms with van der Waals surface area (Å²) in [5.41, 5.74) is 0.602. The molecule has 1 aliphatic heterocycles. The summed E-state index contributed by atoms with van der Waals surface area (Å²) in [6.07, 6.45) is 5.54. The maximum Gasteiger partial charge on any atom is 0.128 e. The molecule has 2 aromatic rings. The summed E-state index contributed by atoms with van der Waals surface area (Å²) in [4.78, 5) is 10.9. The first-order chi connectivity index (χ1) is 10.3. The van der Waals surface area contributed by atoms with Crippen LogP contribution in [0.25, 0.3) is 0 Å². The van der Waals surface area contributed by atoms with E-state index in [1.165, 1.54) is 0 Å². The Hall–Kier alpha value is -2.61. The third-order valence-corrected chi connectivity index (χ3v) is 3.71. The summed E-state index contributed by atoms with van der Waals surface area (Å²) in [5.74, 6) is 1.89. The van der Waals surface area contributed by atoms with Crippen molar-refractivity contribution in [1.29, 1.82) is 5.26 Å². The molecule has 21 heavy (non-hydrogen) atoms. The van der Waals surface area contributed by atoms with Gasteiger partial charge < -0.3 is 10.2 Å². The van der Waals surface area contributed by atoms with E-state index in [1.807, 2.05) is 30.3 Å². The highest BCUT2D eigenvalue weighted by atomic mass is 15.2. The van der Waals surface area contributed by atoms with Gasteiger partial charge in [0, 0.05) is 31.5 Å². The Morgan fingerprint density at radius 2 is 2.00 bits per heavy atom. The first-order valence-corrected chi connectivity index (χ1v) is 7.14. The van der Waals surface area contributed by atoms with Crippen molar-refractivity contribution in [2.24, 2.45) is 0 Å². The van der Waals surface area contributed by atoms with Crippen LogP contribution in [0.15, 0.2) is 42.7 Å². The van der Waals surface area contributed by atoms with Crippen LogP contribution in [0.3, 0.4) is 0 Å². The van der Waals surface area contributed by atoms with Gasteiger partial charge in [-0.05, 0) is 37.1 Å². The summed E-state index contributed by atoms with van der Waals surface area (Å²) in [6.45, 7) is 1.92. The number of nitrogens with one attached hydrogen (secondary N) is 1. The Kier molecular flexibility index (Phi) is 3.97. The van der Waals surface area contributed by atoms with E-state index < -0.39 is 0 Å². The quantitative estimate of drug-likeness (QED) is 0.934. The molecule has 5 nitrogen and oxygen atoms in total. The summed E-state index contributed by atoms with van der Waals surface area (Å²) in [7, 11) is 0. The SMILES string of the molecule is N#Cc1ccc(N2CCC(Nc3ccccn3)CC2)nc1. The van der Waals surface area contributed by atoms with Crippen molar-refractivity contribution >= 4 is 11.6 Å². The molecule has 1 fully saturated rings. The zero-order valence-electron chi connectivity index (χ0n) is 11.7. The average Bonchev–Trinajstić information content (AvgIpc) is 2.57. The number of rotatable bonds is 3. The van der Waals surface area contributed by atoms with Crippen molar-refractivity contribution < 1.29 is 0 Å². The summed E-state index contributed by atoms with van der Waals surface area (Å²) in [5, 5.41) is 12.3. The van der Waals surface area contributed by atoms with Crippen molar-refractivity contribution in [3.8, 4) is 6.07 Å². The highest BCUT2D eigenvalue weighted by Crippen LogP contribution is 2.20. The standard InChI is InChI=1S/C16H17N5/c17-11-13-4-5-16(19-12-13)21-9-6-14(7-10-21)20-15-3-1-2-8-18-15/h1-5,8,12,14H,6-7,9-10H2,(H,18,20). The fourth-order valence-corrected chi connectivity index (χ4v) is 2.55. The van der Waals surface area contributed by atoms with Gasteiger partial charge in [-0.25, -0.2) is 9.97 Å². The van der Waals surface area contributed by atoms with E-state index in [0.717, 1.165) is 37.6 Å². The number of hydrogen-bond donors (Lipinski definition) is 1. The molecule has 1 saturated heterocycles. The molecule has 0 spiro atoms. The van der Waals surface area contributed by atoms with Gasteiger partial charge >= 0.3 is 0 Å². The first kappa shape index (κ1) is 13.4. The molecule has 0 aliphatic carbocycles. The highest BCUT2D eigenvalue weighted by Gasteiger charge is 2.20. The Balaban J connectivity index is 1.56. The molecule has 2 aromatic heterocycles. The van der Waals surface area contributed by atoms with Crippen molar-refractivity contribution in [3.05, 3.63) is 48.3 Å². The number of nitriles is 1. The summed E-state index contributed by atoms with van der Waals surface area (Å²) in [6, 6.07) is 12.2. The van der Waals surface area contributed by atoms with Crippen molar-refractivity contribution in [2.75, 3.05) is 23.3 Å². The van der Waals surface area contributed by atoms with Crippen LogP contribution >= 0.6 is 0 Å². The number of piperidine rings is 1. The number of anilines is 2. The number of hydrogen-bond acceptors (Lipinski definition) is 5. The topological polar surface area (TPSA) is 64.8 Å². The molecule has 106 valence electrons. The maximum atomic E-state index is 8.80. The van der Waals surface area contributed by atoms with Gasteiger partial charge in [-0.2, -0.15) is 5.26 Å². The Morgan fingerprint density at radius 1 is 1.14 bits per heavy atom. The minimum atomic E-state index is 0.453. The number of nitrogens with zero attached hydrogens (tertiary/aromatic N) is 4. The van der Waals surface area contributed by atoms with E-state index in [-0.39, 0.29) is 0 Å². The third kappa shape index (κ3) is 3.29. The molecule has 3 heterocycles. The van der Waals surface area contributed by atoms with E-state index in [9.17, 15) is 0 Å². The normalized spacial score (nSPS) is 15.5. The van der Waals surface area contributed by atoms with Crippen LogP contribution in [0.1, 0.15) is 18.4 Å². The lowest BCUT2D eigenvalue weighted by Gasteiger charge is -2.33. The fraction of sp³-hybridized carbons (Fsp3) is 0.312. The lowest BCUT2D eigenvalue weighted by atomic mass is 10.0. The zero-order valence-corrected chi connectivity index (χ0v) is 11.7. The van der Waals surface area contributed by atoms with Crippen LogP contribution in [-0.2, 0) is 0 Å². The van der Waals surface area contributed by atoms with Gasteiger partial charge in [0.25, 0.3) is 0 Å². The second-order valence-electron chi connectivity index (χ2n) is 5.14. The van der Waals surface area contributed by atoms with E-state index in [2.05, 4.69) is 26.3 Å². The van der Waals surface area contributed by atoms with Gasteiger partial charge in [0.2, 0.25) is 0 Å². The maximum absolute atomic E-state index is 8.80. The molecule has 5 heteroatoms. The predicted octanol–water partition coefficient (Wildman–Crippen LogP) is 2.43. The molecule has 0 aromatic carbocycles. The van der Waals surface area contributed by atoms with Gasteiger partial charge in [-0.1, -0.05) is 6.07 Å². The molecule has 3 rings (SSSR count). The van der Waals surface area contributed by atoms with Crippen molar-refractivity contribution in [1.82, 2.24) is 9.97 Å². The average molecular weight is 279 g/mol. The van der Waals surface area contributed by atoms with Crippen LogP contribution in [0, 0.1) is 11.3 Å². The molecule has 0 bridgehead atoms. The second kappa shape index (κ2) is 6.23. The predicted molar refractivity (Wildman–Crippen MR) is 82.0 cm³/mol. The summed E-state index contributed by atoms with van der Waals surface area (Å²) < 4.78 is 0. The number of aromatic nitrogens is 2. The second-order valence-corrected chi connectivity index (χ2v) is 5.14. The van der Waals surface area contributed by atoms with Gasteiger partial charge in [-0.3, -0.25) is 0 Å². The van der Waals surface area contributed by atoms with Crippen LogP contribution in [0.2, 0.25) is 0 Å². The van der Waals surface area contributed by atoms with Crippen molar-refractivity contribution in [2.45, 2.75) is 18.9 Å². The van der Waals surface area contributed by atoms with E-state index in [0.29, 0.717) is 11.6 Å². The fourth-order valence-electron chi connectivity index (χ4n) is 2.55. The van der Waals surface area contributed by atoms with E-state index >= 15 is 0 Å². The largest absolute Gasteiger partial charge is 0.367 e. The van der Waals surface area contributed by atoms with Gasteiger partial charge in [0.1, 0.15) is 17.7 Å². The Labute approximate surface area is 124 Å². The third-order valence-electron chi connectivity index (χ3n) is 3.71. The highest BCUT2D eigenvalue weighted by molar-refractivity contribution is 5.43. The lowest BCUT2D eigenvalue weighted by molar-refractivity contribution is 0.522. The van der Waals surface area contributed by atoms with Crippen LogP contribution < -0.4 is 10.2 Å². The van der Waals surface area contributed by atoms with Gasteiger partial charge in [0.15, 0.2) is 0 Å². The smallest absolute Gasteiger partial charge is 0.128 e. The molecule has 1 N–H and O–H groups in total. The molecule has 0 saturated carbocycles. The molecule has 0 radical (unpaired) electrons.